The van der Waals surface area contributed by atoms with Crippen LogP contribution in [0.4, 0.5) is 0 Å². The number of benzene rings is 2. The van der Waals surface area contributed by atoms with Crippen molar-refractivity contribution in [3.63, 3.8) is 0 Å². The number of likely N-dealkylation sites (N-methyl/N-ethyl adjacent to an activating group) is 1. The highest BCUT2D eigenvalue weighted by molar-refractivity contribution is 6.38. The summed E-state index contributed by atoms with van der Waals surface area (Å²) < 4.78 is 5.94. The summed E-state index contributed by atoms with van der Waals surface area (Å²) in [6.07, 6.45) is 8.08. The number of hydrogen-bond donors (Lipinski definition) is 1. The van der Waals surface area contributed by atoms with Crippen LogP contribution < -0.4 is 4.74 Å². The monoisotopic (exact) mass is 541 g/mol. The van der Waals surface area contributed by atoms with E-state index in [-0.39, 0.29) is 5.91 Å². The normalized spacial score (nSPS) is 12.9. The molecule has 1 atom stereocenters. The first kappa shape index (κ1) is 28.2. The molecule has 0 radical (unpaired) electrons. The maximum atomic E-state index is 11.7. The smallest absolute Gasteiger partial charge is 0.245 e. The minimum Gasteiger partial charge on any atom is -0.478 e. The van der Waals surface area contributed by atoms with Crippen LogP contribution in [0.25, 0.3) is 22.0 Å². The minimum atomic E-state index is 0.00281. The van der Waals surface area contributed by atoms with Gasteiger partial charge in [0.05, 0.1) is 17.3 Å². The number of hydrogen-bond acceptors (Lipinski definition) is 3. The van der Waals surface area contributed by atoms with E-state index in [2.05, 4.69) is 54.1 Å². The molecule has 0 spiro atoms. The van der Waals surface area contributed by atoms with Gasteiger partial charge in [-0.25, -0.2) is 4.98 Å². The zero-order valence-corrected chi connectivity index (χ0v) is 23.8. The molecule has 2 aromatic carbocycles. The molecule has 0 aliphatic heterocycles. The summed E-state index contributed by atoms with van der Waals surface area (Å²) in [5.41, 5.74) is 6.25. The summed E-state index contributed by atoms with van der Waals surface area (Å²) in [7, 11) is 3.50. The number of nitrogens with zero attached hydrogens (tertiary/aromatic N) is 2. The number of H-pyrrole nitrogens is 1. The van der Waals surface area contributed by atoms with Crippen LogP contribution in [0.1, 0.15) is 49.9 Å². The van der Waals surface area contributed by atoms with Gasteiger partial charge < -0.3 is 14.6 Å². The summed E-state index contributed by atoms with van der Waals surface area (Å²) in [6.45, 7) is 4.83. The van der Waals surface area contributed by atoms with E-state index in [0.29, 0.717) is 23.4 Å². The quantitative estimate of drug-likeness (QED) is 0.154. The van der Waals surface area contributed by atoms with Gasteiger partial charge in [0, 0.05) is 48.4 Å². The number of aromatic amines is 1. The average Bonchev–Trinajstić information content (AvgIpc) is 3.29. The Labute approximate surface area is 236 Å². The molecule has 0 bridgehead atoms. The van der Waals surface area contributed by atoms with E-state index in [1.807, 2.05) is 48.7 Å². The molecule has 4 rings (SSSR count). The van der Waals surface area contributed by atoms with E-state index in [9.17, 15) is 4.79 Å². The number of rotatable bonds is 11. The van der Waals surface area contributed by atoms with Crippen molar-refractivity contribution in [1.82, 2.24) is 14.9 Å². The molecule has 1 N–H and O–H groups in total. The van der Waals surface area contributed by atoms with Gasteiger partial charge in [0.15, 0.2) is 0 Å². The Hall–Kier alpha value is -3.83. The Kier molecular flexibility index (Phi) is 9.61. The van der Waals surface area contributed by atoms with Gasteiger partial charge in [-0.1, -0.05) is 80.1 Å². The molecule has 0 aliphatic rings. The Morgan fingerprint density at radius 3 is 2.46 bits per heavy atom. The summed E-state index contributed by atoms with van der Waals surface area (Å²) in [4.78, 5) is 21.5. The van der Waals surface area contributed by atoms with Crippen LogP contribution in [0.3, 0.4) is 0 Å². The van der Waals surface area contributed by atoms with Gasteiger partial charge >= 0.3 is 0 Å². The number of nitrogens with one attached hydrogen (secondary N) is 1. The summed E-state index contributed by atoms with van der Waals surface area (Å²) >= 11 is 6.95. The van der Waals surface area contributed by atoms with Crippen LogP contribution in [0.15, 0.2) is 85.1 Å². The molecule has 0 saturated heterocycles. The van der Waals surface area contributed by atoms with E-state index >= 15 is 0 Å². The lowest BCUT2D eigenvalue weighted by atomic mass is 9.91. The molecule has 0 fully saturated rings. The molecule has 202 valence electrons. The predicted molar refractivity (Wildman–Crippen MR) is 162 cm³/mol. The average molecular weight is 542 g/mol. The number of halogens is 1. The van der Waals surface area contributed by atoms with Gasteiger partial charge in [-0.2, -0.15) is 0 Å². The van der Waals surface area contributed by atoms with E-state index in [1.54, 1.807) is 25.1 Å². The fourth-order valence-corrected chi connectivity index (χ4v) is 4.91. The van der Waals surface area contributed by atoms with E-state index in [0.717, 1.165) is 52.6 Å². The standard InChI is InChI=1S/C33H36ClN3O2/c1-5-26(24-13-7-6-8-14-24)31(33-32(34)27-15-9-10-16-28(27)36-33)25-18-19-29(35-22-25)39-21-11-12-23(2)17-20-30(38)37(3)4/h6-10,13-20,22-23,36H,5,11-12,21H2,1-4H3/b20-17+,31-26+. The van der Waals surface area contributed by atoms with Crippen molar-refractivity contribution < 1.29 is 9.53 Å². The van der Waals surface area contributed by atoms with E-state index in [4.69, 9.17) is 16.3 Å². The SMILES string of the molecule is CC/C(=C(/c1ccc(OCCCC(C)/C=C/C(=O)N(C)C)nc1)c1[nH]c2ccccc2c1Cl)c1ccccc1. The van der Waals surface area contributed by atoms with Crippen LogP contribution >= 0.6 is 11.6 Å². The van der Waals surface area contributed by atoms with Crippen LogP contribution in [-0.4, -0.2) is 41.5 Å². The number of carbonyl (C=O) groups excluding carboxylic acids is 1. The number of pyridine rings is 1. The molecule has 6 heteroatoms. The maximum Gasteiger partial charge on any atom is 0.245 e. The van der Waals surface area contributed by atoms with Crippen molar-refractivity contribution in [2.24, 2.45) is 5.92 Å². The number of carbonyl (C=O) groups is 1. The minimum absolute atomic E-state index is 0.00281. The molecule has 1 amide bonds. The third kappa shape index (κ3) is 6.98. The molecule has 5 nitrogen and oxygen atoms in total. The second-order valence-corrected chi connectivity index (χ2v) is 10.3. The van der Waals surface area contributed by atoms with Gasteiger partial charge in [0.2, 0.25) is 11.8 Å². The first-order valence-electron chi connectivity index (χ1n) is 13.4. The van der Waals surface area contributed by atoms with Crippen molar-refractivity contribution in [3.05, 3.63) is 107 Å². The number of allylic oxidation sites excluding steroid dienone is 2. The van der Waals surface area contributed by atoms with Crippen LogP contribution in [0, 0.1) is 5.92 Å². The van der Waals surface area contributed by atoms with Crippen LogP contribution in [0.5, 0.6) is 5.88 Å². The van der Waals surface area contributed by atoms with Crippen LogP contribution in [-0.2, 0) is 4.79 Å². The molecule has 1 unspecified atom stereocenters. The van der Waals surface area contributed by atoms with Gasteiger partial charge in [-0.3, -0.25) is 4.79 Å². The summed E-state index contributed by atoms with van der Waals surface area (Å²) in [5.74, 6) is 0.889. The third-order valence-corrected chi connectivity index (χ3v) is 7.15. The molecule has 0 aliphatic carbocycles. The van der Waals surface area contributed by atoms with Crippen LogP contribution in [0.2, 0.25) is 5.02 Å². The highest BCUT2D eigenvalue weighted by Crippen LogP contribution is 2.40. The zero-order chi connectivity index (χ0) is 27.8. The summed E-state index contributed by atoms with van der Waals surface area (Å²) in [5, 5.41) is 1.71. The Morgan fingerprint density at radius 2 is 1.79 bits per heavy atom. The highest BCUT2D eigenvalue weighted by atomic mass is 35.5. The maximum absolute atomic E-state index is 11.7. The first-order valence-corrected chi connectivity index (χ1v) is 13.8. The third-order valence-electron chi connectivity index (χ3n) is 6.76. The molecular formula is C33H36ClN3O2. The second-order valence-electron chi connectivity index (χ2n) is 9.88. The van der Waals surface area contributed by atoms with Crippen molar-refractivity contribution in [2.75, 3.05) is 20.7 Å². The topological polar surface area (TPSA) is 58.2 Å². The number of aromatic nitrogens is 2. The van der Waals surface area contributed by atoms with Gasteiger partial charge in [0.1, 0.15) is 0 Å². The Morgan fingerprint density at radius 1 is 1.05 bits per heavy atom. The van der Waals surface area contributed by atoms with E-state index in [1.165, 1.54) is 5.57 Å². The van der Waals surface area contributed by atoms with Gasteiger partial charge in [0.25, 0.3) is 0 Å². The molecule has 4 aromatic rings. The van der Waals surface area contributed by atoms with Crippen molar-refractivity contribution >= 4 is 39.6 Å². The molecule has 39 heavy (non-hydrogen) atoms. The van der Waals surface area contributed by atoms with Crippen molar-refractivity contribution in [3.8, 4) is 5.88 Å². The number of para-hydroxylation sites is 1. The molecular weight excluding hydrogens is 506 g/mol. The Balaban J connectivity index is 1.55. The van der Waals surface area contributed by atoms with E-state index < -0.39 is 0 Å². The lowest BCUT2D eigenvalue weighted by Crippen LogP contribution is -2.19. The fraction of sp³-hybridized carbons (Fsp3) is 0.273. The number of amides is 1. The fourth-order valence-electron chi connectivity index (χ4n) is 4.60. The lowest BCUT2D eigenvalue weighted by molar-refractivity contribution is -0.123. The zero-order valence-electron chi connectivity index (χ0n) is 23.1. The first-order chi connectivity index (χ1) is 18.9. The highest BCUT2D eigenvalue weighted by Gasteiger charge is 2.20. The van der Waals surface area contributed by atoms with Gasteiger partial charge in [-0.15, -0.1) is 0 Å². The lowest BCUT2D eigenvalue weighted by Gasteiger charge is -2.16. The second kappa shape index (κ2) is 13.3. The predicted octanol–water partition coefficient (Wildman–Crippen LogP) is 8.02. The Bertz CT molecular complexity index is 1450. The largest absolute Gasteiger partial charge is 0.478 e. The molecule has 0 saturated carbocycles. The summed E-state index contributed by atoms with van der Waals surface area (Å²) in [6, 6.07) is 22.5. The molecule has 2 heterocycles. The van der Waals surface area contributed by atoms with Gasteiger partial charge in [-0.05, 0) is 54.5 Å². The number of fused-ring (bicyclic) bond motifs is 1. The molecule has 2 aromatic heterocycles. The number of ether oxygens (including phenoxy) is 1. The van der Waals surface area contributed by atoms with Crippen molar-refractivity contribution in [2.45, 2.75) is 33.1 Å². The van der Waals surface area contributed by atoms with Crippen molar-refractivity contribution in [1.29, 1.82) is 0 Å².